The highest BCUT2D eigenvalue weighted by molar-refractivity contribution is 7.15. The molecule has 0 fully saturated rings. The molecule has 0 saturated heterocycles. The first-order chi connectivity index (χ1) is 11.0. The van der Waals surface area contributed by atoms with Gasteiger partial charge in [0.2, 0.25) is 0 Å². The lowest BCUT2D eigenvalue weighted by atomic mass is 10.1. The third kappa shape index (κ3) is 5.33. The highest BCUT2D eigenvalue weighted by Gasteiger charge is 2.10. The number of aromatic nitrogens is 1. The predicted octanol–water partition coefficient (Wildman–Crippen LogP) is 3.48. The maximum Gasteiger partial charge on any atom is 0.279 e. The summed E-state index contributed by atoms with van der Waals surface area (Å²) in [4.78, 5) is 15.5. The van der Waals surface area contributed by atoms with Gasteiger partial charge in [0.25, 0.3) is 11.1 Å². The van der Waals surface area contributed by atoms with Gasteiger partial charge < -0.3 is 15.8 Å². The smallest absolute Gasteiger partial charge is 0.279 e. The summed E-state index contributed by atoms with van der Waals surface area (Å²) in [6, 6.07) is 6.06. The lowest BCUT2D eigenvalue weighted by Crippen LogP contribution is -2.16. The monoisotopic (exact) mass is 333 g/mol. The molecule has 0 radical (unpaired) electrons. The minimum absolute atomic E-state index is 0.392. The Morgan fingerprint density at radius 1 is 1.43 bits per heavy atom. The number of rotatable bonds is 8. The summed E-state index contributed by atoms with van der Waals surface area (Å²) in [7, 11) is 0. The molecule has 5 nitrogen and oxygen atoms in total. The van der Waals surface area contributed by atoms with Crippen molar-refractivity contribution in [3.8, 4) is 10.9 Å². The maximum absolute atomic E-state index is 11.1. The Hall–Kier alpha value is -1.92. The molecular formula is C17H23N3O2S. The van der Waals surface area contributed by atoms with Crippen LogP contribution in [0.1, 0.15) is 41.1 Å². The van der Waals surface area contributed by atoms with Gasteiger partial charge in [0.05, 0.1) is 6.20 Å². The number of carbonyl (C=O) groups excluding carboxylic acids is 1. The molecule has 23 heavy (non-hydrogen) atoms. The molecule has 0 unspecified atom stereocenters. The Morgan fingerprint density at radius 3 is 2.83 bits per heavy atom. The largest absolute Gasteiger partial charge is 0.431 e. The second-order valence-electron chi connectivity index (χ2n) is 5.92. The molecule has 2 rings (SSSR count). The average Bonchev–Trinajstić information content (AvgIpc) is 2.95. The Bertz CT molecular complexity index is 668. The number of thiazole rings is 1. The zero-order valence-corrected chi connectivity index (χ0v) is 14.6. The number of carbonyl (C=O) groups is 1. The molecule has 2 aromatic rings. The van der Waals surface area contributed by atoms with Gasteiger partial charge >= 0.3 is 0 Å². The molecule has 0 atom stereocenters. The van der Waals surface area contributed by atoms with Gasteiger partial charge in [0, 0.05) is 6.54 Å². The van der Waals surface area contributed by atoms with Crippen LogP contribution in [-0.4, -0.2) is 17.4 Å². The Labute approximate surface area is 140 Å². The van der Waals surface area contributed by atoms with E-state index < -0.39 is 5.91 Å². The van der Waals surface area contributed by atoms with E-state index in [4.69, 9.17) is 10.5 Å². The summed E-state index contributed by atoms with van der Waals surface area (Å²) in [6.07, 6.45) is 2.61. The quantitative estimate of drug-likeness (QED) is 0.725. The summed E-state index contributed by atoms with van der Waals surface area (Å²) in [5, 5.41) is 3.86. The highest BCUT2D eigenvalue weighted by atomic mass is 32.1. The highest BCUT2D eigenvalue weighted by Crippen LogP contribution is 2.29. The summed E-state index contributed by atoms with van der Waals surface area (Å²) in [6.45, 7) is 8.30. The SMILES string of the molecule is Cc1cc(CNCCC(C)C)ccc1Oc1ncc(C(N)=O)s1. The van der Waals surface area contributed by atoms with Crippen molar-refractivity contribution in [2.45, 2.75) is 33.7 Å². The molecule has 0 aliphatic carbocycles. The first-order valence-electron chi connectivity index (χ1n) is 7.69. The van der Waals surface area contributed by atoms with Gasteiger partial charge in [-0.3, -0.25) is 4.79 Å². The lowest BCUT2D eigenvalue weighted by Gasteiger charge is -2.10. The van der Waals surface area contributed by atoms with Crippen LogP contribution in [0.3, 0.4) is 0 Å². The number of nitrogens with zero attached hydrogens (tertiary/aromatic N) is 1. The van der Waals surface area contributed by atoms with E-state index in [0.29, 0.717) is 16.0 Å². The van der Waals surface area contributed by atoms with Crippen molar-refractivity contribution in [3.05, 3.63) is 40.4 Å². The van der Waals surface area contributed by atoms with Gasteiger partial charge in [-0.2, -0.15) is 0 Å². The lowest BCUT2D eigenvalue weighted by molar-refractivity contribution is 0.100. The van der Waals surface area contributed by atoms with Crippen LogP contribution in [0.4, 0.5) is 0 Å². The number of amides is 1. The maximum atomic E-state index is 11.1. The zero-order chi connectivity index (χ0) is 16.8. The first-order valence-corrected chi connectivity index (χ1v) is 8.51. The molecule has 1 amide bonds. The fourth-order valence-corrected chi connectivity index (χ4v) is 2.70. The van der Waals surface area contributed by atoms with Crippen molar-refractivity contribution in [3.63, 3.8) is 0 Å². The minimum atomic E-state index is -0.489. The van der Waals surface area contributed by atoms with E-state index in [-0.39, 0.29) is 0 Å². The average molecular weight is 333 g/mol. The fourth-order valence-electron chi connectivity index (χ4n) is 2.07. The van der Waals surface area contributed by atoms with E-state index >= 15 is 0 Å². The molecule has 6 heteroatoms. The van der Waals surface area contributed by atoms with Crippen LogP contribution >= 0.6 is 11.3 Å². The number of primary amides is 1. The standard InChI is InChI=1S/C17H23N3O2S/c1-11(2)6-7-19-9-13-4-5-14(12(3)8-13)22-17-20-10-15(23-17)16(18)21/h4-5,8,10-11,19H,6-7,9H2,1-3H3,(H2,18,21). The van der Waals surface area contributed by atoms with Gasteiger partial charge in [-0.1, -0.05) is 37.3 Å². The normalized spacial score (nSPS) is 11.0. The Balaban J connectivity index is 1.94. The van der Waals surface area contributed by atoms with Crippen LogP contribution < -0.4 is 15.8 Å². The summed E-state index contributed by atoms with van der Waals surface area (Å²) < 4.78 is 5.73. The molecule has 124 valence electrons. The van der Waals surface area contributed by atoms with Crippen molar-refractivity contribution in [2.75, 3.05) is 6.54 Å². The molecule has 0 saturated carbocycles. The second-order valence-corrected chi connectivity index (χ2v) is 6.91. The topological polar surface area (TPSA) is 77.2 Å². The van der Waals surface area contributed by atoms with Gasteiger partial charge in [-0.05, 0) is 43.0 Å². The second kappa shape index (κ2) is 8.08. The first kappa shape index (κ1) is 17.4. The van der Waals surface area contributed by atoms with Gasteiger partial charge in [-0.25, -0.2) is 4.98 Å². The number of nitrogens with one attached hydrogen (secondary N) is 1. The van der Waals surface area contributed by atoms with E-state index in [0.717, 1.165) is 35.7 Å². The number of nitrogens with two attached hydrogens (primary N) is 1. The van der Waals surface area contributed by atoms with Crippen LogP contribution in [0.15, 0.2) is 24.4 Å². The van der Waals surface area contributed by atoms with Crippen molar-refractivity contribution in [1.29, 1.82) is 0 Å². The Morgan fingerprint density at radius 2 is 2.22 bits per heavy atom. The van der Waals surface area contributed by atoms with Crippen LogP contribution in [-0.2, 0) is 6.54 Å². The fraction of sp³-hybridized carbons (Fsp3) is 0.412. The molecule has 1 aromatic carbocycles. The van der Waals surface area contributed by atoms with E-state index in [1.165, 1.54) is 18.2 Å². The number of benzene rings is 1. The van der Waals surface area contributed by atoms with E-state index in [2.05, 4.69) is 30.2 Å². The van der Waals surface area contributed by atoms with E-state index in [1.54, 1.807) is 0 Å². The third-order valence-corrected chi connectivity index (χ3v) is 4.28. The molecule has 0 spiro atoms. The molecule has 1 aromatic heterocycles. The van der Waals surface area contributed by atoms with Crippen molar-refractivity contribution in [2.24, 2.45) is 11.7 Å². The number of hydrogen-bond acceptors (Lipinski definition) is 5. The molecule has 0 bridgehead atoms. The molecular weight excluding hydrogens is 310 g/mol. The zero-order valence-electron chi connectivity index (χ0n) is 13.8. The third-order valence-electron chi connectivity index (χ3n) is 3.39. The number of hydrogen-bond donors (Lipinski definition) is 2. The molecule has 1 heterocycles. The summed E-state index contributed by atoms with van der Waals surface area (Å²) >= 11 is 1.15. The van der Waals surface area contributed by atoms with Crippen LogP contribution in [0.5, 0.6) is 10.9 Å². The summed E-state index contributed by atoms with van der Waals surface area (Å²) in [5.41, 5.74) is 7.47. The Kier molecular flexibility index (Phi) is 6.12. The van der Waals surface area contributed by atoms with Crippen LogP contribution in [0, 0.1) is 12.8 Å². The molecule has 0 aliphatic rings. The van der Waals surface area contributed by atoms with Crippen LogP contribution in [0.25, 0.3) is 0 Å². The van der Waals surface area contributed by atoms with E-state index in [1.807, 2.05) is 19.1 Å². The predicted molar refractivity (Wildman–Crippen MR) is 93.0 cm³/mol. The van der Waals surface area contributed by atoms with Gasteiger partial charge in [-0.15, -0.1) is 0 Å². The van der Waals surface area contributed by atoms with E-state index in [9.17, 15) is 4.79 Å². The van der Waals surface area contributed by atoms with Crippen LogP contribution in [0.2, 0.25) is 0 Å². The number of aryl methyl sites for hydroxylation is 1. The minimum Gasteiger partial charge on any atom is -0.431 e. The van der Waals surface area contributed by atoms with Crippen molar-refractivity contribution in [1.82, 2.24) is 10.3 Å². The van der Waals surface area contributed by atoms with Gasteiger partial charge in [0.1, 0.15) is 10.6 Å². The number of ether oxygens (including phenoxy) is 1. The van der Waals surface area contributed by atoms with Crippen molar-refractivity contribution < 1.29 is 9.53 Å². The van der Waals surface area contributed by atoms with Crippen molar-refractivity contribution >= 4 is 17.2 Å². The molecule has 0 aliphatic heterocycles. The molecule has 3 N–H and O–H groups in total. The summed E-state index contributed by atoms with van der Waals surface area (Å²) in [5.74, 6) is 0.960. The van der Waals surface area contributed by atoms with Gasteiger partial charge in [0.15, 0.2) is 0 Å².